The van der Waals surface area contributed by atoms with Gasteiger partial charge in [-0.1, -0.05) is 6.07 Å². The summed E-state index contributed by atoms with van der Waals surface area (Å²) in [6.07, 6.45) is 3.90. The Kier molecular flexibility index (Phi) is 5.18. The summed E-state index contributed by atoms with van der Waals surface area (Å²) in [7, 11) is -3.94. The molecule has 0 fully saturated rings. The molecule has 0 aliphatic heterocycles. The predicted octanol–water partition coefficient (Wildman–Crippen LogP) is 3.02. The molecule has 0 unspecified atom stereocenters. The number of aryl methyl sites for hydroxylation is 2. The second-order valence-electron chi connectivity index (χ2n) is 6.49. The van der Waals surface area contributed by atoms with E-state index < -0.39 is 16.0 Å². The Balaban J connectivity index is 1.93. The Morgan fingerprint density at radius 2 is 1.70 bits per heavy atom. The molecule has 2 aromatic rings. The van der Waals surface area contributed by atoms with Crippen LogP contribution in [0.15, 0.2) is 41.3 Å². The summed E-state index contributed by atoms with van der Waals surface area (Å²) in [6.45, 7) is 1.30. The summed E-state index contributed by atoms with van der Waals surface area (Å²) in [4.78, 5) is 22.8. The van der Waals surface area contributed by atoms with Crippen molar-refractivity contribution in [2.24, 2.45) is 0 Å². The summed E-state index contributed by atoms with van der Waals surface area (Å²) in [6, 6.07) is 9.00. The zero-order valence-corrected chi connectivity index (χ0v) is 15.6. The molecule has 7 nitrogen and oxygen atoms in total. The highest BCUT2D eigenvalue weighted by Gasteiger charge is 2.21. The molecule has 8 heteroatoms. The highest BCUT2D eigenvalue weighted by molar-refractivity contribution is 7.92. The molecule has 0 heterocycles. The van der Waals surface area contributed by atoms with Crippen molar-refractivity contribution in [1.82, 2.24) is 0 Å². The minimum atomic E-state index is -3.94. The van der Waals surface area contributed by atoms with Crippen molar-refractivity contribution in [1.29, 1.82) is 0 Å². The largest absolute Gasteiger partial charge is 0.478 e. The molecule has 0 aromatic heterocycles. The number of amides is 1. The first-order valence-electron chi connectivity index (χ1n) is 8.56. The molecule has 3 rings (SSSR count). The van der Waals surface area contributed by atoms with E-state index in [0.717, 1.165) is 36.8 Å². The van der Waals surface area contributed by atoms with Gasteiger partial charge in [-0.2, -0.15) is 0 Å². The number of anilines is 2. The molecule has 0 atom stereocenters. The van der Waals surface area contributed by atoms with Crippen LogP contribution in [0.5, 0.6) is 0 Å². The molecule has 0 radical (unpaired) electrons. The van der Waals surface area contributed by atoms with Crippen LogP contribution >= 0.6 is 0 Å². The minimum absolute atomic E-state index is 0.0608. The maximum atomic E-state index is 12.8. The van der Waals surface area contributed by atoms with Gasteiger partial charge in [0.1, 0.15) is 0 Å². The molecule has 0 saturated carbocycles. The molecule has 1 amide bonds. The van der Waals surface area contributed by atoms with Gasteiger partial charge in [0.05, 0.1) is 16.1 Å². The number of carboxylic acids is 1. The lowest BCUT2D eigenvalue weighted by Crippen LogP contribution is -2.17. The first-order chi connectivity index (χ1) is 12.8. The molecular formula is C19H20N2O5S. The van der Waals surface area contributed by atoms with E-state index in [9.17, 15) is 23.1 Å². The van der Waals surface area contributed by atoms with Gasteiger partial charge in [0.2, 0.25) is 5.91 Å². The molecule has 3 N–H and O–H groups in total. The van der Waals surface area contributed by atoms with E-state index in [2.05, 4.69) is 10.0 Å². The van der Waals surface area contributed by atoms with Gasteiger partial charge >= 0.3 is 5.97 Å². The molecule has 0 saturated heterocycles. The number of nitrogens with one attached hydrogen (secondary N) is 2. The number of carbonyl (C=O) groups is 2. The Bertz CT molecular complexity index is 1010. The Morgan fingerprint density at radius 1 is 1.00 bits per heavy atom. The summed E-state index contributed by atoms with van der Waals surface area (Å²) in [5.74, 6) is -1.65. The van der Waals surface area contributed by atoms with E-state index >= 15 is 0 Å². The van der Waals surface area contributed by atoms with E-state index in [1.54, 1.807) is 12.1 Å². The van der Waals surface area contributed by atoms with Crippen LogP contribution in [0.4, 0.5) is 11.4 Å². The van der Waals surface area contributed by atoms with Crippen molar-refractivity contribution in [2.45, 2.75) is 37.5 Å². The van der Waals surface area contributed by atoms with Crippen LogP contribution in [0.1, 0.15) is 41.3 Å². The van der Waals surface area contributed by atoms with Crippen molar-refractivity contribution in [3.8, 4) is 0 Å². The van der Waals surface area contributed by atoms with Crippen molar-refractivity contribution >= 4 is 33.3 Å². The fraction of sp³-hybridized carbons (Fsp3) is 0.263. The summed E-state index contributed by atoms with van der Waals surface area (Å²) < 4.78 is 27.9. The number of rotatable bonds is 5. The van der Waals surface area contributed by atoms with Crippen LogP contribution in [0.25, 0.3) is 0 Å². The molecule has 2 aromatic carbocycles. The average Bonchev–Trinajstić information content (AvgIpc) is 2.61. The fourth-order valence-electron chi connectivity index (χ4n) is 3.17. The number of sulfonamides is 1. The summed E-state index contributed by atoms with van der Waals surface area (Å²) in [5.41, 5.74) is 2.14. The van der Waals surface area contributed by atoms with E-state index in [0.29, 0.717) is 0 Å². The summed E-state index contributed by atoms with van der Waals surface area (Å²) >= 11 is 0. The zero-order valence-electron chi connectivity index (χ0n) is 14.8. The lowest BCUT2D eigenvalue weighted by atomic mass is 9.92. The number of benzene rings is 2. The number of carboxylic acid groups (broad SMARTS) is 1. The van der Waals surface area contributed by atoms with Gasteiger partial charge in [-0.05, 0) is 67.1 Å². The molecule has 27 heavy (non-hydrogen) atoms. The standard InChI is InChI=1S/C19H20N2O5S/c1-12(22)20-15-7-9-18(17(11-15)19(23)24)21-27(25,26)16-8-6-13-4-2-3-5-14(13)10-16/h6-11,21H,2-5H2,1H3,(H,20,22)(H,23,24). The predicted molar refractivity (Wildman–Crippen MR) is 102 cm³/mol. The van der Waals surface area contributed by atoms with E-state index in [1.165, 1.54) is 25.1 Å². The van der Waals surface area contributed by atoms with Crippen molar-refractivity contribution in [2.75, 3.05) is 10.0 Å². The maximum Gasteiger partial charge on any atom is 0.337 e. The first-order valence-corrected chi connectivity index (χ1v) is 10.0. The molecular weight excluding hydrogens is 368 g/mol. The second kappa shape index (κ2) is 7.40. The number of fused-ring (bicyclic) bond motifs is 1. The van der Waals surface area contributed by atoms with Gasteiger partial charge < -0.3 is 10.4 Å². The SMILES string of the molecule is CC(=O)Nc1ccc(NS(=O)(=O)c2ccc3c(c2)CCCC3)c(C(=O)O)c1. The third kappa shape index (κ3) is 4.28. The highest BCUT2D eigenvalue weighted by Crippen LogP contribution is 2.27. The van der Waals surface area contributed by atoms with Gasteiger partial charge in [0, 0.05) is 12.6 Å². The van der Waals surface area contributed by atoms with Crippen molar-refractivity contribution < 1.29 is 23.1 Å². The average molecular weight is 388 g/mol. The third-order valence-corrected chi connectivity index (χ3v) is 5.81. The second-order valence-corrected chi connectivity index (χ2v) is 8.17. The Hall–Kier alpha value is -2.87. The number of hydrogen-bond acceptors (Lipinski definition) is 4. The fourth-order valence-corrected chi connectivity index (χ4v) is 4.30. The minimum Gasteiger partial charge on any atom is -0.478 e. The van der Waals surface area contributed by atoms with Gasteiger partial charge in [-0.3, -0.25) is 9.52 Å². The lowest BCUT2D eigenvalue weighted by Gasteiger charge is -2.17. The maximum absolute atomic E-state index is 12.8. The van der Waals surface area contributed by atoms with Gasteiger partial charge in [0.15, 0.2) is 0 Å². The number of carbonyl (C=O) groups excluding carboxylic acids is 1. The van der Waals surface area contributed by atoms with Gasteiger partial charge in [0.25, 0.3) is 10.0 Å². The number of hydrogen-bond donors (Lipinski definition) is 3. The van der Waals surface area contributed by atoms with Gasteiger partial charge in [-0.15, -0.1) is 0 Å². The van der Waals surface area contributed by atoms with Crippen LogP contribution < -0.4 is 10.0 Å². The molecule has 0 spiro atoms. The third-order valence-electron chi connectivity index (χ3n) is 4.44. The van der Waals surface area contributed by atoms with Crippen LogP contribution in [0, 0.1) is 0 Å². The van der Waals surface area contributed by atoms with Crippen molar-refractivity contribution in [3.05, 3.63) is 53.1 Å². The van der Waals surface area contributed by atoms with Crippen LogP contribution in [0.2, 0.25) is 0 Å². The Labute approximate surface area is 157 Å². The van der Waals surface area contributed by atoms with E-state index in [1.807, 2.05) is 6.07 Å². The highest BCUT2D eigenvalue weighted by atomic mass is 32.2. The number of aromatic carboxylic acids is 1. The normalized spacial score (nSPS) is 13.5. The van der Waals surface area contributed by atoms with Crippen LogP contribution in [-0.4, -0.2) is 25.4 Å². The molecule has 142 valence electrons. The van der Waals surface area contributed by atoms with Crippen LogP contribution in [0.3, 0.4) is 0 Å². The topological polar surface area (TPSA) is 113 Å². The monoisotopic (exact) mass is 388 g/mol. The Morgan fingerprint density at radius 3 is 2.37 bits per heavy atom. The first kappa shape index (κ1) is 18.9. The van der Waals surface area contributed by atoms with Gasteiger partial charge in [-0.25, -0.2) is 13.2 Å². The smallest absolute Gasteiger partial charge is 0.337 e. The quantitative estimate of drug-likeness (QED) is 0.729. The van der Waals surface area contributed by atoms with E-state index in [-0.39, 0.29) is 27.7 Å². The molecule has 1 aliphatic carbocycles. The van der Waals surface area contributed by atoms with E-state index in [4.69, 9.17) is 0 Å². The summed E-state index contributed by atoms with van der Waals surface area (Å²) in [5, 5.41) is 11.9. The van der Waals surface area contributed by atoms with Crippen LogP contribution in [-0.2, 0) is 27.7 Å². The lowest BCUT2D eigenvalue weighted by molar-refractivity contribution is -0.114. The zero-order chi connectivity index (χ0) is 19.6. The molecule has 0 bridgehead atoms. The molecule has 1 aliphatic rings. The van der Waals surface area contributed by atoms with Crippen molar-refractivity contribution in [3.63, 3.8) is 0 Å².